The van der Waals surface area contributed by atoms with Gasteiger partial charge in [-0.1, -0.05) is 29.8 Å². The first kappa shape index (κ1) is 11.2. The van der Waals surface area contributed by atoms with E-state index in [1.165, 1.54) is 11.1 Å². The Bertz CT molecular complexity index is 264. The van der Waals surface area contributed by atoms with Gasteiger partial charge in [0.2, 0.25) is 0 Å². The molecule has 0 amide bonds. The van der Waals surface area contributed by atoms with Crippen LogP contribution in [-0.2, 0) is 0 Å². The highest BCUT2D eigenvalue weighted by Crippen LogP contribution is 2.17. The van der Waals surface area contributed by atoms with Gasteiger partial charge in [0.05, 0.1) is 0 Å². The van der Waals surface area contributed by atoms with Crippen molar-refractivity contribution in [2.75, 3.05) is 7.05 Å². The molecule has 2 heteroatoms. The first-order chi connectivity index (χ1) is 6.63. The molecule has 0 heterocycles. The van der Waals surface area contributed by atoms with E-state index < -0.39 is 0 Å². The maximum Gasteiger partial charge on any atom is 0.0332 e. The van der Waals surface area contributed by atoms with Gasteiger partial charge in [-0.15, -0.1) is 0 Å². The fourth-order valence-corrected chi connectivity index (χ4v) is 1.59. The van der Waals surface area contributed by atoms with Crippen LogP contribution in [0.25, 0.3) is 0 Å². The lowest BCUT2D eigenvalue weighted by atomic mass is 10.00. The first-order valence-corrected chi connectivity index (χ1v) is 5.13. The highest BCUT2D eigenvalue weighted by molar-refractivity contribution is 5.24. The molecular weight excluding hydrogens is 172 g/mol. The third-order valence-electron chi connectivity index (χ3n) is 2.44. The average Bonchev–Trinajstić information content (AvgIpc) is 2.15. The van der Waals surface area contributed by atoms with Crippen molar-refractivity contribution in [2.24, 2.45) is 5.73 Å². The molecule has 1 rings (SSSR count). The molecule has 0 saturated carbocycles. The molecule has 1 aromatic carbocycles. The van der Waals surface area contributed by atoms with Gasteiger partial charge in [0.1, 0.15) is 0 Å². The Morgan fingerprint density at radius 1 is 1.29 bits per heavy atom. The quantitative estimate of drug-likeness (QED) is 0.765. The van der Waals surface area contributed by atoms with Crippen LogP contribution in [-0.4, -0.2) is 13.1 Å². The van der Waals surface area contributed by atoms with Crippen LogP contribution in [0.4, 0.5) is 0 Å². The summed E-state index contributed by atoms with van der Waals surface area (Å²) in [6.45, 7) is 4.14. The molecule has 2 nitrogen and oxygen atoms in total. The third-order valence-corrected chi connectivity index (χ3v) is 2.44. The largest absolute Gasteiger partial charge is 0.328 e. The van der Waals surface area contributed by atoms with Crippen LogP contribution in [0.2, 0.25) is 0 Å². The number of hydrogen-bond donors (Lipinski definition) is 2. The molecule has 0 bridgehead atoms. The predicted octanol–water partition coefficient (Wildman–Crippen LogP) is 1.99. The molecule has 1 aromatic rings. The minimum absolute atomic E-state index is 0.230. The lowest BCUT2D eigenvalue weighted by Crippen LogP contribution is -2.25. The van der Waals surface area contributed by atoms with Gasteiger partial charge in [0, 0.05) is 12.1 Å². The van der Waals surface area contributed by atoms with E-state index in [0.717, 1.165) is 6.42 Å². The number of hydrogen-bond acceptors (Lipinski definition) is 2. The molecule has 3 N–H and O–H groups in total. The summed E-state index contributed by atoms with van der Waals surface area (Å²) in [5.74, 6) is 0. The maximum absolute atomic E-state index is 5.80. The fourth-order valence-electron chi connectivity index (χ4n) is 1.59. The topological polar surface area (TPSA) is 38.0 Å². The first-order valence-electron chi connectivity index (χ1n) is 5.13. The van der Waals surface area contributed by atoms with E-state index in [0.29, 0.717) is 6.04 Å². The van der Waals surface area contributed by atoms with Gasteiger partial charge in [-0.3, -0.25) is 0 Å². The molecule has 78 valence electrons. The van der Waals surface area contributed by atoms with Crippen LogP contribution in [0.5, 0.6) is 0 Å². The summed E-state index contributed by atoms with van der Waals surface area (Å²) < 4.78 is 0. The van der Waals surface area contributed by atoms with Gasteiger partial charge in [-0.2, -0.15) is 0 Å². The third kappa shape index (κ3) is 3.13. The smallest absolute Gasteiger partial charge is 0.0332 e. The zero-order chi connectivity index (χ0) is 10.6. The normalized spacial score (nSPS) is 15.1. The van der Waals surface area contributed by atoms with Gasteiger partial charge >= 0.3 is 0 Å². The summed E-state index contributed by atoms with van der Waals surface area (Å²) in [6, 6.07) is 9.21. The predicted molar refractivity (Wildman–Crippen MR) is 61.2 cm³/mol. The van der Waals surface area contributed by atoms with Crippen LogP contribution in [0.3, 0.4) is 0 Å². The minimum atomic E-state index is 0.230. The van der Waals surface area contributed by atoms with Crippen LogP contribution < -0.4 is 11.1 Å². The van der Waals surface area contributed by atoms with E-state index in [-0.39, 0.29) is 6.04 Å². The Morgan fingerprint density at radius 2 is 1.86 bits per heavy atom. The highest BCUT2D eigenvalue weighted by Gasteiger charge is 2.10. The molecule has 2 unspecified atom stereocenters. The standard InChI is InChI=1S/C12H20N2/c1-9-4-6-11(7-5-9)12(14-3)8-10(2)13/h4-7,10,12,14H,8,13H2,1-3H3. The van der Waals surface area contributed by atoms with E-state index in [9.17, 15) is 0 Å². The van der Waals surface area contributed by atoms with Crippen molar-refractivity contribution in [2.45, 2.75) is 32.4 Å². The molecule has 0 radical (unpaired) electrons. The molecule has 0 aliphatic carbocycles. The molecule has 2 atom stereocenters. The number of nitrogens with one attached hydrogen (secondary N) is 1. The summed E-state index contributed by atoms with van der Waals surface area (Å²) in [6.07, 6.45) is 0.972. The van der Waals surface area contributed by atoms with Crippen molar-refractivity contribution in [3.05, 3.63) is 35.4 Å². The maximum atomic E-state index is 5.80. The van der Waals surface area contributed by atoms with Gasteiger partial charge in [0.15, 0.2) is 0 Å². The summed E-state index contributed by atoms with van der Waals surface area (Å²) in [7, 11) is 1.98. The molecule has 0 aliphatic heterocycles. The highest BCUT2D eigenvalue weighted by atomic mass is 14.9. The van der Waals surface area contributed by atoms with Crippen molar-refractivity contribution >= 4 is 0 Å². The van der Waals surface area contributed by atoms with Crippen LogP contribution in [0, 0.1) is 6.92 Å². The molecule has 0 aromatic heterocycles. The Hall–Kier alpha value is -0.860. The lowest BCUT2D eigenvalue weighted by molar-refractivity contribution is 0.499. The Morgan fingerprint density at radius 3 is 2.29 bits per heavy atom. The van der Waals surface area contributed by atoms with E-state index in [2.05, 4.69) is 36.5 Å². The number of benzene rings is 1. The van der Waals surface area contributed by atoms with Crippen molar-refractivity contribution in [3.63, 3.8) is 0 Å². The minimum Gasteiger partial charge on any atom is -0.328 e. The second-order valence-electron chi connectivity index (χ2n) is 3.96. The molecular formula is C12H20N2. The molecule has 0 saturated heterocycles. The van der Waals surface area contributed by atoms with E-state index in [1.54, 1.807) is 0 Å². The number of nitrogens with two attached hydrogens (primary N) is 1. The van der Waals surface area contributed by atoms with E-state index in [1.807, 2.05) is 14.0 Å². The number of rotatable bonds is 4. The SMILES string of the molecule is CNC(CC(C)N)c1ccc(C)cc1. The van der Waals surface area contributed by atoms with E-state index in [4.69, 9.17) is 5.73 Å². The Balaban J connectivity index is 2.73. The second-order valence-corrected chi connectivity index (χ2v) is 3.96. The molecule has 0 aliphatic rings. The summed E-state index contributed by atoms with van der Waals surface area (Å²) in [4.78, 5) is 0. The van der Waals surface area contributed by atoms with Crippen LogP contribution in [0.1, 0.15) is 30.5 Å². The summed E-state index contributed by atoms with van der Waals surface area (Å²) in [5, 5.41) is 3.29. The van der Waals surface area contributed by atoms with Gasteiger partial charge in [0.25, 0.3) is 0 Å². The Labute approximate surface area is 86.5 Å². The van der Waals surface area contributed by atoms with Crippen molar-refractivity contribution in [1.29, 1.82) is 0 Å². The summed E-state index contributed by atoms with van der Waals surface area (Å²) in [5.41, 5.74) is 8.41. The lowest BCUT2D eigenvalue weighted by Gasteiger charge is -2.18. The molecule has 0 fully saturated rings. The summed E-state index contributed by atoms with van der Waals surface area (Å²) >= 11 is 0. The second kappa shape index (κ2) is 5.13. The van der Waals surface area contributed by atoms with Gasteiger partial charge in [-0.05, 0) is 32.9 Å². The zero-order valence-corrected chi connectivity index (χ0v) is 9.25. The molecule has 14 heavy (non-hydrogen) atoms. The number of aryl methyl sites for hydroxylation is 1. The van der Waals surface area contributed by atoms with Crippen molar-refractivity contribution in [3.8, 4) is 0 Å². The van der Waals surface area contributed by atoms with Gasteiger partial charge in [-0.25, -0.2) is 0 Å². The van der Waals surface area contributed by atoms with Crippen LogP contribution in [0.15, 0.2) is 24.3 Å². The Kier molecular flexibility index (Phi) is 4.11. The van der Waals surface area contributed by atoms with Crippen molar-refractivity contribution < 1.29 is 0 Å². The van der Waals surface area contributed by atoms with Crippen LogP contribution >= 0.6 is 0 Å². The van der Waals surface area contributed by atoms with Gasteiger partial charge < -0.3 is 11.1 Å². The average molecular weight is 192 g/mol. The van der Waals surface area contributed by atoms with E-state index >= 15 is 0 Å². The zero-order valence-electron chi connectivity index (χ0n) is 9.25. The monoisotopic (exact) mass is 192 g/mol. The van der Waals surface area contributed by atoms with Crippen molar-refractivity contribution in [1.82, 2.24) is 5.32 Å². The molecule has 0 spiro atoms. The fraction of sp³-hybridized carbons (Fsp3) is 0.500.